The van der Waals surface area contributed by atoms with Crippen LogP contribution < -0.4 is 5.32 Å². The number of hydrogen-bond donors (Lipinski definition) is 3. The molecule has 1 aliphatic rings. The van der Waals surface area contributed by atoms with Gasteiger partial charge >= 0.3 is 5.97 Å². The number of likely N-dealkylation sites (tertiary alicyclic amines) is 1. The molecule has 0 aliphatic carbocycles. The molecule has 1 aromatic carbocycles. The van der Waals surface area contributed by atoms with Gasteiger partial charge in [0.1, 0.15) is 0 Å². The summed E-state index contributed by atoms with van der Waals surface area (Å²) in [6.07, 6.45) is 4.25. The van der Waals surface area contributed by atoms with Crippen LogP contribution in [0.2, 0.25) is 5.02 Å². The molecule has 1 saturated heterocycles. The van der Waals surface area contributed by atoms with E-state index in [2.05, 4.69) is 26.1 Å². The number of piperidine rings is 1. The van der Waals surface area contributed by atoms with Gasteiger partial charge in [0.05, 0.1) is 12.6 Å². The molecule has 1 aromatic rings. The maximum atomic E-state index is 12.9. The number of aliphatic carboxylic acids is 1. The number of nitrogens with one attached hydrogen (secondary N) is 1. The van der Waals surface area contributed by atoms with Crippen molar-refractivity contribution in [1.29, 1.82) is 0 Å². The predicted molar refractivity (Wildman–Crippen MR) is 142 cm³/mol. The summed E-state index contributed by atoms with van der Waals surface area (Å²) in [6, 6.07) is 6.07. The molecule has 2 rings (SSSR count). The molecular formula is C28H43ClN2O4. The Morgan fingerprint density at radius 1 is 1.26 bits per heavy atom. The first-order valence-corrected chi connectivity index (χ1v) is 13.3. The maximum Gasteiger partial charge on any atom is 0.303 e. The first-order valence-electron chi connectivity index (χ1n) is 12.9. The summed E-state index contributed by atoms with van der Waals surface area (Å²) >= 11 is 6.62. The number of likely N-dealkylation sites (N-methyl/N-ethyl adjacent to an activating group) is 1. The molecule has 0 aromatic heterocycles. The molecule has 1 aliphatic heterocycles. The summed E-state index contributed by atoms with van der Waals surface area (Å²) < 4.78 is 0. The fourth-order valence-corrected chi connectivity index (χ4v) is 5.55. The van der Waals surface area contributed by atoms with E-state index in [-0.39, 0.29) is 24.3 Å². The molecule has 1 fully saturated rings. The van der Waals surface area contributed by atoms with Gasteiger partial charge in [-0.1, -0.05) is 56.1 Å². The SMILES string of the molecule is CN/C(CN1C(=O)CCC[C@@H]1[C@@H](C)CC(O)Cc1cccc(C(C)C)c1Cl)=C(/C)CCCC(=O)O. The average Bonchev–Trinajstić information content (AvgIpc) is 2.78. The molecule has 1 heterocycles. The van der Waals surface area contributed by atoms with E-state index in [0.29, 0.717) is 44.6 Å². The van der Waals surface area contributed by atoms with Crippen LogP contribution in [0.15, 0.2) is 29.5 Å². The van der Waals surface area contributed by atoms with Crippen molar-refractivity contribution in [3.63, 3.8) is 0 Å². The second-order valence-corrected chi connectivity index (χ2v) is 10.7. The average molecular weight is 507 g/mol. The van der Waals surface area contributed by atoms with Crippen LogP contribution >= 0.6 is 11.6 Å². The van der Waals surface area contributed by atoms with Crippen molar-refractivity contribution in [3.8, 4) is 0 Å². The predicted octanol–water partition coefficient (Wildman–Crippen LogP) is 5.52. The second-order valence-electron chi connectivity index (χ2n) is 10.3. The Labute approximate surface area is 215 Å². The number of nitrogens with zero attached hydrogens (tertiary/aromatic N) is 1. The highest BCUT2D eigenvalue weighted by atomic mass is 35.5. The molecule has 3 N–H and O–H groups in total. The summed E-state index contributed by atoms with van der Waals surface area (Å²) in [5.41, 5.74) is 4.11. The number of aliphatic hydroxyl groups excluding tert-OH is 1. The standard InChI is InChI=1S/C28H43ClN2O4/c1-18(2)23-11-7-10-21(28(23)29)16-22(32)15-20(4)25-12-8-13-26(33)31(25)17-24(30-5)19(3)9-6-14-27(34)35/h7,10-11,18,20,22,25,30,32H,6,8-9,12-17H2,1-5H3,(H,34,35)/b24-19-/t20-,22?,25+/m0/s1. The lowest BCUT2D eigenvalue weighted by molar-refractivity contribution is -0.138. The highest BCUT2D eigenvalue weighted by Gasteiger charge is 2.33. The normalized spacial score (nSPS) is 18.9. The third-order valence-corrected chi connectivity index (χ3v) is 7.65. The van der Waals surface area contributed by atoms with Gasteiger partial charge in [-0.25, -0.2) is 0 Å². The molecule has 1 unspecified atom stereocenters. The summed E-state index contributed by atoms with van der Waals surface area (Å²) in [7, 11) is 1.85. The number of aliphatic hydroxyl groups is 1. The molecule has 6 nitrogen and oxygen atoms in total. The first-order chi connectivity index (χ1) is 16.5. The lowest BCUT2D eigenvalue weighted by Crippen LogP contribution is -2.49. The Kier molecular flexibility index (Phi) is 11.6. The van der Waals surface area contributed by atoms with Crippen molar-refractivity contribution < 1.29 is 19.8 Å². The van der Waals surface area contributed by atoms with E-state index in [9.17, 15) is 14.7 Å². The van der Waals surface area contributed by atoms with E-state index in [1.807, 2.05) is 37.1 Å². The Balaban J connectivity index is 2.09. The summed E-state index contributed by atoms with van der Waals surface area (Å²) in [4.78, 5) is 25.7. The Bertz CT molecular complexity index is 899. The molecule has 1 amide bonds. The van der Waals surface area contributed by atoms with E-state index in [0.717, 1.165) is 40.3 Å². The van der Waals surface area contributed by atoms with Crippen LogP contribution in [0, 0.1) is 5.92 Å². The van der Waals surface area contributed by atoms with E-state index in [4.69, 9.17) is 16.7 Å². The molecule has 196 valence electrons. The minimum absolute atomic E-state index is 0.0542. The van der Waals surface area contributed by atoms with Crippen LogP contribution in [-0.2, 0) is 16.0 Å². The zero-order valence-corrected chi connectivity index (χ0v) is 22.7. The maximum absolute atomic E-state index is 12.9. The quantitative estimate of drug-likeness (QED) is 0.327. The smallest absolute Gasteiger partial charge is 0.303 e. The summed E-state index contributed by atoms with van der Waals surface area (Å²) in [5.74, 6) is -0.199. The molecule has 0 bridgehead atoms. The van der Waals surface area contributed by atoms with Crippen LogP contribution in [0.4, 0.5) is 0 Å². The van der Waals surface area contributed by atoms with Crippen molar-refractivity contribution in [2.24, 2.45) is 5.92 Å². The van der Waals surface area contributed by atoms with E-state index in [1.54, 1.807) is 0 Å². The zero-order chi connectivity index (χ0) is 26.1. The molecule has 0 spiro atoms. The van der Waals surface area contributed by atoms with Crippen molar-refractivity contribution >= 4 is 23.5 Å². The van der Waals surface area contributed by atoms with Crippen molar-refractivity contribution in [1.82, 2.24) is 10.2 Å². The van der Waals surface area contributed by atoms with Gasteiger partial charge in [-0.15, -0.1) is 0 Å². The third kappa shape index (κ3) is 8.53. The number of benzene rings is 1. The Morgan fingerprint density at radius 2 is 1.97 bits per heavy atom. The van der Waals surface area contributed by atoms with Gasteiger partial charge < -0.3 is 20.4 Å². The number of allylic oxidation sites excluding steroid dienone is 1. The molecule has 0 saturated carbocycles. The van der Waals surface area contributed by atoms with E-state index in [1.165, 1.54) is 0 Å². The van der Waals surface area contributed by atoms with Crippen molar-refractivity contribution in [2.45, 2.75) is 97.1 Å². The van der Waals surface area contributed by atoms with Crippen LogP contribution in [0.5, 0.6) is 0 Å². The third-order valence-electron chi connectivity index (χ3n) is 7.19. The zero-order valence-electron chi connectivity index (χ0n) is 21.9. The van der Waals surface area contributed by atoms with Gasteiger partial charge in [0.25, 0.3) is 0 Å². The largest absolute Gasteiger partial charge is 0.481 e. The van der Waals surface area contributed by atoms with Crippen molar-refractivity contribution in [2.75, 3.05) is 13.6 Å². The highest BCUT2D eigenvalue weighted by Crippen LogP contribution is 2.31. The summed E-state index contributed by atoms with van der Waals surface area (Å²) in [6.45, 7) is 8.83. The number of amides is 1. The van der Waals surface area contributed by atoms with Gasteiger partial charge in [0.2, 0.25) is 5.91 Å². The number of carbonyl (C=O) groups excluding carboxylic acids is 1. The van der Waals surface area contributed by atoms with Gasteiger partial charge in [0.15, 0.2) is 0 Å². The molecular weight excluding hydrogens is 464 g/mol. The number of carbonyl (C=O) groups is 2. The van der Waals surface area contributed by atoms with Gasteiger partial charge in [-0.2, -0.15) is 0 Å². The molecule has 0 radical (unpaired) electrons. The second kappa shape index (κ2) is 13.9. The topological polar surface area (TPSA) is 89.9 Å². The van der Waals surface area contributed by atoms with Crippen LogP contribution in [0.1, 0.15) is 89.7 Å². The van der Waals surface area contributed by atoms with Crippen LogP contribution in [-0.4, -0.2) is 52.7 Å². The van der Waals surface area contributed by atoms with Gasteiger partial charge in [-0.3, -0.25) is 9.59 Å². The number of halogens is 1. The first kappa shape index (κ1) is 29.2. The lowest BCUT2D eigenvalue weighted by Gasteiger charge is -2.40. The fraction of sp³-hybridized carbons (Fsp3) is 0.643. The van der Waals surface area contributed by atoms with Crippen molar-refractivity contribution in [3.05, 3.63) is 45.6 Å². The minimum atomic E-state index is -0.792. The number of carboxylic acids is 1. The minimum Gasteiger partial charge on any atom is -0.481 e. The monoisotopic (exact) mass is 506 g/mol. The van der Waals surface area contributed by atoms with Crippen LogP contribution in [0.3, 0.4) is 0 Å². The number of carboxylic acid groups (broad SMARTS) is 1. The molecule has 3 atom stereocenters. The van der Waals surface area contributed by atoms with Crippen LogP contribution in [0.25, 0.3) is 0 Å². The van der Waals surface area contributed by atoms with Gasteiger partial charge in [0, 0.05) is 36.7 Å². The number of rotatable bonds is 13. The van der Waals surface area contributed by atoms with E-state index >= 15 is 0 Å². The summed E-state index contributed by atoms with van der Waals surface area (Å²) in [5, 5.41) is 23.8. The highest BCUT2D eigenvalue weighted by molar-refractivity contribution is 6.32. The van der Waals surface area contributed by atoms with E-state index < -0.39 is 12.1 Å². The molecule has 35 heavy (non-hydrogen) atoms. The lowest BCUT2D eigenvalue weighted by atomic mass is 9.86. The Hall–Kier alpha value is -2.05. The Morgan fingerprint density at radius 3 is 2.60 bits per heavy atom. The van der Waals surface area contributed by atoms with Gasteiger partial charge in [-0.05, 0) is 68.4 Å². The molecule has 7 heteroatoms. The number of hydrogen-bond acceptors (Lipinski definition) is 4. The fourth-order valence-electron chi connectivity index (χ4n) is 5.12.